The Hall–Kier alpha value is -1.30. The smallest absolute Gasteiger partial charge is 0.216 e. The van der Waals surface area contributed by atoms with Gasteiger partial charge in [-0.25, -0.2) is 0 Å². The molecule has 0 aliphatic rings. The topological polar surface area (TPSA) is 70.6 Å². The predicted octanol–water partition coefficient (Wildman–Crippen LogP) is 0.805. The van der Waals surface area contributed by atoms with E-state index in [0.717, 1.165) is 0 Å². The number of aliphatic hydroxyl groups excluding tert-OH is 1. The van der Waals surface area contributed by atoms with Gasteiger partial charge >= 0.3 is 0 Å². The number of hydrogen-bond acceptors (Lipinski definition) is 4. The molecule has 0 bridgehead atoms. The van der Waals surface area contributed by atoms with Crippen molar-refractivity contribution in [1.29, 1.82) is 0 Å². The Morgan fingerprint density at radius 1 is 1.42 bits per heavy atom. The average Bonchev–Trinajstić information content (AvgIpc) is 2.37. The van der Waals surface area contributed by atoms with Crippen LogP contribution in [0.5, 0.6) is 5.75 Å². The molecule has 0 saturated heterocycles. The summed E-state index contributed by atoms with van der Waals surface area (Å²) >= 11 is 5.92. The number of amides is 1. The first-order valence-corrected chi connectivity index (χ1v) is 6.48. The Balaban J connectivity index is 2.13. The number of aliphatic hydroxyl groups is 1. The third kappa shape index (κ3) is 7.00. The van der Waals surface area contributed by atoms with Crippen molar-refractivity contribution in [2.24, 2.45) is 0 Å². The lowest BCUT2D eigenvalue weighted by Gasteiger charge is -2.14. The molecule has 0 spiro atoms. The van der Waals surface area contributed by atoms with Crippen LogP contribution in [0, 0.1) is 0 Å². The van der Waals surface area contributed by atoms with Gasteiger partial charge < -0.3 is 20.5 Å². The molecule has 1 unspecified atom stereocenters. The number of carbonyl (C=O) groups excluding carboxylic acids is 1. The minimum Gasteiger partial charge on any atom is -0.489 e. The second-order valence-corrected chi connectivity index (χ2v) is 4.49. The Morgan fingerprint density at radius 2 is 2.16 bits per heavy atom. The summed E-state index contributed by atoms with van der Waals surface area (Å²) in [6, 6.07) is 7.11. The standard InChI is InChI=1S/C13H19ClN2O3/c1-10(17)16-7-6-15-8-11(18)9-19-13-5-3-2-4-12(13)14/h2-5,11,15,18H,6-9H2,1H3,(H,16,17). The summed E-state index contributed by atoms with van der Waals surface area (Å²) in [5.41, 5.74) is 0. The number of para-hydroxylation sites is 1. The number of benzene rings is 1. The summed E-state index contributed by atoms with van der Waals surface area (Å²) < 4.78 is 5.40. The van der Waals surface area contributed by atoms with Gasteiger partial charge in [-0.1, -0.05) is 23.7 Å². The number of ether oxygens (including phenoxy) is 1. The molecule has 0 aliphatic carbocycles. The lowest BCUT2D eigenvalue weighted by molar-refractivity contribution is -0.118. The van der Waals surface area contributed by atoms with Crippen LogP contribution in [0.4, 0.5) is 0 Å². The maximum atomic E-state index is 10.6. The number of carbonyl (C=O) groups is 1. The lowest BCUT2D eigenvalue weighted by Crippen LogP contribution is -2.36. The quantitative estimate of drug-likeness (QED) is 0.619. The van der Waals surface area contributed by atoms with E-state index in [0.29, 0.717) is 30.4 Å². The molecule has 5 nitrogen and oxygen atoms in total. The molecule has 106 valence electrons. The summed E-state index contributed by atoms with van der Waals surface area (Å²) in [5.74, 6) is 0.492. The number of nitrogens with one attached hydrogen (secondary N) is 2. The highest BCUT2D eigenvalue weighted by Crippen LogP contribution is 2.22. The van der Waals surface area contributed by atoms with E-state index >= 15 is 0 Å². The van der Waals surface area contributed by atoms with Gasteiger partial charge in [-0.2, -0.15) is 0 Å². The van der Waals surface area contributed by atoms with Gasteiger partial charge in [0, 0.05) is 26.6 Å². The van der Waals surface area contributed by atoms with Gasteiger partial charge in [-0.05, 0) is 12.1 Å². The first-order chi connectivity index (χ1) is 9.09. The van der Waals surface area contributed by atoms with E-state index in [1.165, 1.54) is 6.92 Å². The molecule has 1 rings (SSSR count). The lowest BCUT2D eigenvalue weighted by atomic mass is 10.3. The maximum absolute atomic E-state index is 10.6. The first-order valence-electron chi connectivity index (χ1n) is 6.10. The van der Waals surface area contributed by atoms with Gasteiger partial charge in [-0.3, -0.25) is 4.79 Å². The summed E-state index contributed by atoms with van der Waals surface area (Å²) in [6.07, 6.45) is -0.631. The predicted molar refractivity (Wildman–Crippen MR) is 74.5 cm³/mol. The minimum atomic E-state index is -0.631. The molecule has 6 heteroatoms. The molecule has 0 aromatic heterocycles. The van der Waals surface area contributed by atoms with Crippen molar-refractivity contribution in [3.05, 3.63) is 29.3 Å². The fraction of sp³-hybridized carbons (Fsp3) is 0.462. The van der Waals surface area contributed by atoms with E-state index in [-0.39, 0.29) is 12.5 Å². The van der Waals surface area contributed by atoms with Crippen LogP contribution < -0.4 is 15.4 Å². The molecular weight excluding hydrogens is 268 g/mol. The largest absolute Gasteiger partial charge is 0.489 e. The molecule has 0 radical (unpaired) electrons. The molecule has 0 heterocycles. The van der Waals surface area contributed by atoms with E-state index in [1.807, 2.05) is 12.1 Å². The van der Waals surface area contributed by atoms with E-state index in [1.54, 1.807) is 12.1 Å². The van der Waals surface area contributed by atoms with Crippen LogP contribution in [0.2, 0.25) is 5.02 Å². The zero-order chi connectivity index (χ0) is 14.1. The van der Waals surface area contributed by atoms with Crippen molar-refractivity contribution in [2.75, 3.05) is 26.2 Å². The van der Waals surface area contributed by atoms with Crippen LogP contribution in [0.25, 0.3) is 0 Å². The van der Waals surface area contributed by atoms with Gasteiger partial charge in [-0.15, -0.1) is 0 Å². The highest BCUT2D eigenvalue weighted by Gasteiger charge is 2.06. The van der Waals surface area contributed by atoms with Crippen molar-refractivity contribution in [3.63, 3.8) is 0 Å². The number of hydrogen-bond donors (Lipinski definition) is 3. The van der Waals surface area contributed by atoms with Crippen LogP contribution >= 0.6 is 11.6 Å². The zero-order valence-electron chi connectivity index (χ0n) is 10.9. The van der Waals surface area contributed by atoms with Crippen molar-refractivity contribution in [3.8, 4) is 5.75 Å². The molecule has 19 heavy (non-hydrogen) atoms. The van der Waals surface area contributed by atoms with Crippen molar-refractivity contribution in [2.45, 2.75) is 13.0 Å². The summed E-state index contributed by atoms with van der Waals surface area (Å²) in [6.45, 7) is 3.16. The van der Waals surface area contributed by atoms with E-state index in [2.05, 4.69) is 10.6 Å². The summed E-state index contributed by atoms with van der Waals surface area (Å²) in [5, 5.41) is 15.9. The highest BCUT2D eigenvalue weighted by molar-refractivity contribution is 6.32. The first kappa shape index (κ1) is 15.8. The monoisotopic (exact) mass is 286 g/mol. The molecule has 0 fully saturated rings. The van der Waals surface area contributed by atoms with Crippen LogP contribution in [-0.2, 0) is 4.79 Å². The fourth-order valence-corrected chi connectivity index (χ4v) is 1.59. The van der Waals surface area contributed by atoms with Crippen LogP contribution in [0.3, 0.4) is 0 Å². The van der Waals surface area contributed by atoms with Gasteiger partial charge in [0.1, 0.15) is 18.5 Å². The van der Waals surface area contributed by atoms with Crippen molar-refractivity contribution >= 4 is 17.5 Å². The SMILES string of the molecule is CC(=O)NCCNCC(O)COc1ccccc1Cl. The van der Waals surface area contributed by atoms with Gasteiger partial charge in [0.05, 0.1) is 5.02 Å². The second-order valence-electron chi connectivity index (χ2n) is 4.08. The normalized spacial score (nSPS) is 11.9. The van der Waals surface area contributed by atoms with Gasteiger partial charge in [0.15, 0.2) is 0 Å². The Bertz CT molecular complexity index is 401. The van der Waals surface area contributed by atoms with Crippen LogP contribution in [0.15, 0.2) is 24.3 Å². The molecule has 1 aromatic carbocycles. The number of rotatable bonds is 8. The second kappa shape index (κ2) is 8.74. The molecule has 0 aliphatic heterocycles. The van der Waals surface area contributed by atoms with E-state index in [9.17, 15) is 9.90 Å². The van der Waals surface area contributed by atoms with Crippen LogP contribution in [0.1, 0.15) is 6.92 Å². The van der Waals surface area contributed by atoms with Crippen molar-refractivity contribution in [1.82, 2.24) is 10.6 Å². The third-order valence-electron chi connectivity index (χ3n) is 2.32. The average molecular weight is 287 g/mol. The Morgan fingerprint density at radius 3 is 2.84 bits per heavy atom. The van der Waals surface area contributed by atoms with E-state index < -0.39 is 6.10 Å². The minimum absolute atomic E-state index is 0.0654. The molecule has 3 N–H and O–H groups in total. The fourth-order valence-electron chi connectivity index (χ4n) is 1.40. The molecule has 0 saturated carbocycles. The third-order valence-corrected chi connectivity index (χ3v) is 2.64. The van der Waals surface area contributed by atoms with E-state index in [4.69, 9.17) is 16.3 Å². The maximum Gasteiger partial charge on any atom is 0.216 e. The molecule has 1 amide bonds. The Labute approximate surface area is 117 Å². The molecule has 1 aromatic rings. The summed E-state index contributed by atoms with van der Waals surface area (Å²) in [7, 11) is 0. The highest BCUT2D eigenvalue weighted by atomic mass is 35.5. The number of halogens is 1. The van der Waals surface area contributed by atoms with Crippen molar-refractivity contribution < 1.29 is 14.6 Å². The molecular formula is C13H19ClN2O3. The molecule has 1 atom stereocenters. The van der Waals surface area contributed by atoms with Crippen LogP contribution in [-0.4, -0.2) is 43.4 Å². The summed E-state index contributed by atoms with van der Waals surface area (Å²) in [4.78, 5) is 10.6. The Kier molecular flexibility index (Phi) is 7.25. The van der Waals surface area contributed by atoms with Gasteiger partial charge in [0.25, 0.3) is 0 Å². The van der Waals surface area contributed by atoms with Gasteiger partial charge in [0.2, 0.25) is 5.91 Å². The zero-order valence-corrected chi connectivity index (χ0v) is 11.6.